The molecule has 2 aliphatic carbocycles. The molecule has 0 radical (unpaired) electrons. The SMILES string of the molecule is O=C(CN1C(=O)[C@@H]2[C@@H]3C[C@@H]([C@@H]2C1=O)[C@H](c1ccccc1)C3)Nc1cccc2ccccc12. The Morgan fingerprint density at radius 1 is 0.844 bits per heavy atom. The van der Waals surface area contributed by atoms with Crippen LogP contribution in [0.15, 0.2) is 72.8 Å². The Kier molecular flexibility index (Phi) is 4.39. The zero-order chi connectivity index (χ0) is 21.8. The molecule has 5 heteroatoms. The van der Waals surface area contributed by atoms with Gasteiger partial charge in [-0.1, -0.05) is 66.7 Å². The Morgan fingerprint density at radius 3 is 2.41 bits per heavy atom. The van der Waals surface area contributed by atoms with Crippen LogP contribution >= 0.6 is 0 Å². The van der Waals surface area contributed by atoms with Crippen LogP contribution in [0.2, 0.25) is 0 Å². The lowest BCUT2D eigenvalue weighted by Gasteiger charge is -2.28. The third-order valence-corrected chi connectivity index (χ3v) is 7.70. The monoisotopic (exact) mass is 424 g/mol. The van der Waals surface area contributed by atoms with Crippen LogP contribution in [0.4, 0.5) is 5.69 Å². The molecule has 1 aliphatic heterocycles. The second-order valence-electron chi connectivity index (χ2n) is 9.30. The normalized spacial score (nSPS) is 28.4. The number of anilines is 1. The van der Waals surface area contributed by atoms with E-state index in [1.54, 1.807) is 0 Å². The topological polar surface area (TPSA) is 66.5 Å². The predicted octanol–water partition coefficient (Wildman–Crippen LogP) is 4.20. The number of hydrogen-bond acceptors (Lipinski definition) is 3. The van der Waals surface area contributed by atoms with Crippen LogP contribution in [0.25, 0.3) is 10.8 Å². The maximum absolute atomic E-state index is 13.3. The number of likely N-dealkylation sites (tertiary alicyclic amines) is 1. The molecule has 0 spiro atoms. The highest BCUT2D eigenvalue weighted by Crippen LogP contribution is 2.61. The zero-order valence-electron chi connectivity index (χ0n) is 17.6. The third kappa shape index (κ3) is 2.88. The van der Waals surface area contributed by atoms with Crippen LogP contribution in [0, 0.1) is 23.7 Å². The predicted molar refractivity (Wildman–Crippen MR) is 122 cm³/mol. The average Bonchev–Trinajstić information content (AvgIpc) is 3.48. The van der Waals surface area contributed by atoms with E-state index >= 15 is 0 Å². The van der Waals surface area contributed by atoms with Crippen molar-refractivity contribution in [2.45, 2.75) is 18.8 Å². The second kappa shape index (κ2) is 7.30. The molecule has 3 aromatic carbocycles. The lowest BCUT2D eigenvalue weighted by atomic mass is 9.73. The van der Waals surface area contributed by atoms with Gasteiger partial charge in [0.15, 0.2) is 0 Å². The van der Waals surface area contributed by atoms with Crippen LogP contribution < -0.4 is 5.32 Å². The number of carbonyl (C=O) groups is 3. The quantitative estimate of drug-likeness (QED) is 0.639. The Balaban J connectivity index is 1.20. The molecular weight excluding hydrogens is 400 g/mol. The largest absolute Gasteiger partial charge is 0.324 e. The van der Waals surface area contributed by atoms with Crippen LogP contribution in [-0.2, 0) is 14.4 Å². The van der Waals surface area contributed by atoms with Gasteiger partial charge in [-0.05, 0) is 47.6 Å². The van der Waals surface area contributed by atoms with Crippen molar-refractivity contribution in [3.05, 3.63) is 78.4 Å². The van der Waals surface area contributed by atoms with Gasteiger partial charge in [-0.25, -0.2) is 0 Å². The standard InChI is InChI=1S/C27H24N2O3/c30-23(28-22-12-6-10-16-9-4-5-11-19(16)22)15-29-26(31)24-18-13-20(17-7-2-1-3-8-17)21(14-18)25(24)27(29)32/h1-12,18,20-21,24-25H,13-15H2,(H,28,30)/t18-,20-,21+,24+,25-/m0/s1. The molecule has 160 valence electrons. The molecule has 3 aliphatic rings. The summed E-state index contributed by atoms with van der Waals surface area (Å²) in [5, 5.41) is 4.86. The second-order valence-corrected chi connectivity index (χ2v) is 9.30. The zero-order valence-corrected chi connectivity index (χ0v) is 17.6. The van der Waals surface area contributed by atoms with Gasteiger partial charge in [0, 0.05) is 11.1 Å². The van der Waals surface area contributed by atoms with Crippen molar-refractivity contribution >= 4 is 34.2 Å². The van der Waals surface area contributed by atoms with Gasteiger partial charge in [0.05, 0.1) is 11.8 Å². The molecule has 1 N–H and O–H groups in total. The highest BCUT2D eigenvalue weighted by atomic mass is 16.2. The number of benzene rings is 3. The summed E-state index contributed by atoms with van der Waals surface area (Å²) in [5.74, 6) is -0.450. The number of imide groups is 1. The third-order valence-electron chi connectivity index (χ3n) is 7.70. The molecule has 2 saturated carbocycles. The van der Waals surface area contributed by atoms with Crippen molar-refractivity contribution < 1.29 is 14.4 Å². The van der Waals surface area contributed by atoms with E-state index in [-0.39, 0.29) is 47.9 Å². The van der Waals surface area contributed by atoms with Gasteiger partial charge in [-0.15, -0.1) is 0 Å². The first-order chi connectivity index (χ1) is 15.6. The van der Waals surface area contributed by atoms with Gasteiger partial charge >= 0.3 is 0 Å². The van der Waals surface area contributed by atoms with Gasteiger partial charge in [0.2, 0.25) is 17.7 Å². The van der Waals surface area contributed by atoms with Gasteiger partial charge < -0.3 is 5.32 Å². The Morgan fingerprint density at radius 2 is 1.56 bits per heavy atom. The molecule has 5 atom stereocenters. The number of hydrogen-bond donors (Lipinski definition) is 1. The summed E-state index contributed by atoms with van der Waals surface area (Å²) in [4.78, 5) is 40.5. The van der Waals surface area contributed by atoms with Gasteiger partial charge in [-0.2, -0.15) is 0 Å². The van der Waals surface area contributed by atoms with Crippen LogP contribution in [0.3, 0.4) is 0 Å². The molecule has 6 rings (SSSR count). The van der Waals surface area contributed by atoms with E-state index in [1.165, 1.54) is 10.5 Å². The summed E-state index contributed by atoms with van der Waals surface area (Å²) in [7, 11) is 0. The van der Waals surface area contributed by atoms with E-state index < -0.39 is 0 Å². The first-order valence-electron chi connectivity index (χ1n) is 11.3. The summed E-state index contributed by atoms with van der Waals surface area (Å²) in [6.07, 6.45) is 1.88. The lowest BCUT2D eigenvalue weighted by Crippen LogP contribution is -2.39. The number of amides is 3. The number of rotatable bonds is 4. The first kappa shape index (κ1) is 19.2. The van der Waals surface area contributed by atoms with Crippen molar-refractivity contribution in [3.63, 3.8) is 0 Å². The molecule has 0 aromatic heterocycles. The molecule has 1 saturated heterocycles. The molecular formula is C27H24N2O3. The summed E-state index contributed by atoms with van der Waals surface area (Å²) < 4.78 is 0. The number of nitrogens with zero attached hydrogens (tertiary/aromatic N) is 1. The van der Waals surface area contributed by atoms with Gasteiger partial charge in [0.1, 0.15) is 6.54 Å². The Hall–Kier alpha value is -3.47. The summed E-state index contributed by atoms with van der Waals surface area (Å²) >= 11 is 0. The van der Waals surface area contributed by atoms with E-state index in [0.29, 0.717) is 11.6 Å². The van der Waals surface area contributed by atoms with Gasteiger partial charge in [-0.3, -0.25) is 19.3 Å². The molecule has 1 heterocycles. The highest BCUT2D eigenvalue weighted by Gasteiger charge is 2.63. The average molecular weight is 425 g/mol. The van der Waals surface area contributed by atoms with E-state index in [0.717, 1.165) is 23.6 Å². The Labute approximate surface area is 186 Å². The van der Waals surface area contributed by atoms with Crippen molar-refractivity contribution in [1.82, 2.24) is 4.90 Å². The minimum absolute atomic E-state index is 0.160. The van der Waals surface area contributed by atoms with E-state index in [4.69, 9.17) is 0 Å². The maximum atomic E-state index is 13.3. The fourth-order valence-electron chi connectivity index (χ4n) is 6.43. The van der Waals surface area contributed by atoms with Crippen LogP contribution in [-0.4, -0.2) is 29.2 Å². The van der Waals surface area contributed by atoms with Crippen molar-refractivity contribution in [2.24, 2.45) is 23.7 Å². The van der Waals surface area contributed by atoms with Crippen LogP contribution in [0.1, 0.15) is 24.3 Å². The molecule has 3 fully saturated rings. The Bertz CT molecular complexity index is 1230. The number of nitrogens with one attached hydrogen (secondary N) is 1. The van der Waals surface area contributed by atoms with E-state index in [1.807, 2.05) is 60.7 Å². The number of fused-ring (bicyclic) bond motifs is 6. The molecule has 0 unspecified atom stereocenters. The molecule has 5 nitrogen and oxygen atoms in total. The summed E-state index contributed by atoms with van der Waals surface area (Å²) in [6.45, 7) is -0.219. The minimum atomic E-state index is -0.338. The first-order valence-corrected chi connectivity index (χ1v) is 11.3. The smallest absolute Gasteiger partial charge is 0.244 e. The van der Waals surface area contributed by atoms with Gasteiger partial charge in [0.25, 0.3) is 0 Å². The van der Waals surface area contributed by atoms with E-state index in [9.17, 15) is 14.4 Å². The molecule has 2 bridgehead atoms. The molecule has 3 aromatic rings. The van der Waals surface area contributed by atoms with Crippen LogP contribution in [0.5, 0.6) is 0 Å². The summed E-state index contributed by atoms with van der Waals surface area (Å²) in [5.41, 5.74) is 1.95. The molecule has 32 heavy (non-hydrogen) atoms. The lowest BCUT2D eigenvalue weighted by molar-refractivity contribution is -0.143. The van der Waals surface area contributed by atoms with E-state index in [2.05, 4.69) is 17.4 Å². The number of carbonyl (C=O) groups excluding carboxylic acids is 3. The van der Waals surface area contributed by atoms with Crippen molar-refractivity contribution in [3.8, 4) is 0 Å². The van der Waals surface area contributed by atoms with Crippen molar-refractivity contribution in [2.75, 3.05) is 11.9 Å². The summed E-state index contributed by atoms with van der Waals surface area (Å²) in [6, 6.07) is 23.8. The fraction of sp³-hybridized carbons (Fsp3) is 0.296. The minimum Gasteiger partial charge on any atom is -0.324 e. The highest BCUT2D eigenvalue weighted by molar-refractivity contribution is 6.10. The fourth-order valence-corrected chi connectivity index (χ4v) is 6.43. The van der Waals surface area contributed by atoms with Crippen molar-refractivity contribution in [1.29, 1.82) is 0 Å². The molecule has 3 amide bonds. The maximum Gasteiger partial charge on any atom is 0.244 e.